The van der Waals surface area contributed by atoms with Gasteiger partial charge in [-0.3, -0.25) is 0 Å². The zero-order chi connectivity index (χ0) is 12.5. The van der Waals surface area contributed by atoms with Crippen LogP contribution in [0.2, 0.25) is 0 Å². The molecule has 1 aliphatic carbocycles. The van der Waals surface area contributed by atoms with Gasteiger partial charge in [0.2, 0.25) is 0 Å². The normalized spacial score (nSPS) is 23.9. The molecule has 0 radical (unpaired) electrons. The summed E-state index contributed by atoms with van der Waals surface area (Å²) in [5, 5.41) is 9.14. The fraction of sp³-hybridized carbons (Fsp3) is 0.615. The second-order valence-corrected chi connectivity index (χ2v) is 5.02. The molecule has 5 heteroatoms. The molecular formula is C13H16N2O3. The summed E-state index contributed by atoms with van der Waals surface area (Å²) in [6, 6.07) is 0. The maximum absolute atomic E-state index is 11.1. The molecule has 5 nitrogen and oxygen atoms in total. The van der Waals surface area contributed by atoms with Gasteiger partial charge in [-0.2, -0.15) is 0 Å². The van der Waals surface area contributed by atoms with Crippen LogP contribution in [-0.4, -0.2) is 34.3 Å². The van der Waals surface area contributed by atoms with Crippen LogP contribution in [0.15, 0.2) is 6.20 Å². The van der Waals surface area contributed by atoms with Gasteiger partial charge in [0.25, 0.3) is 0 Å². The molecular weight excluding hydrogens is 232 g/mol. The monoisotopic (exact) mass is 248 g/mol. The Labute approximate surface area is 105 Å². The minimum Gasteiger partial charge on any atom is -0.478 e. The highest BCUT2D eigenvalue weighted by atomic mass is 16.5. The summed E-state index contributed by atoms with van der Waals surface area (Å²) in [6.45, 7) is 1.45. The predicted molar refractivity (Wildman–Crippen MR) is 63.8 cm³/mol. The Morgan fingerprint density at radius 2 is 2.17 bits per heavy atom. The second-order valence-electron chi connectivity index (χ2n) is 5.02. The maximum Gasteiger partial charge on any atom is 0.339 e. The van der Waals surface area contributed by atoms with Crippen molar-refractivity contribution >= 4 is 5.97 Å². The number of carboxylic acid groups (broad SMARTS) is 1. The van der Waals surface area contributed by atoms with E-state index < -0.39 is 5.97 Å². The topological polar surface area (TPSA) is 72.3 Å². The van der Waals surface area contributed by atoms with E-state index in [1.54, 1.807) is 0 Å². The smallest absolute Gasteiger partial charge is 0.339 e. The Morgan fingerprint density at radius 1 is 1.33 bits per heavy atom. The second kappa shape index (κ2) is 4.65. The van der Waals surface area contributed by atoms with Crippen molar-refractivity contribution in [3.05, 3.63) is 23.3 Å². The van der Waals surface area contributed by atoms with E-state index in [0.717, 1.165) is 43.8 Å². The van der Waals surface area contributed by atoms with Crippen molar-refractivity contribution in [3.63, 3.8) is 0 Å². The molecule has 2 fully saturated rings. The molecule has 2 aliphatic rings. The van der Waals surface area contributed by atoms with Gasteiger partial charge in [-0.25, -0.2) is 14.8 Å². The summed E-state index contributed by atoms with van der Waals surface area (Å²) in [7, 11) is 0. The third-order valence-electron chi connectivity index (χ3n) is 3.56. The summed E-state index contributed by atoms with van der Waals surface area (Å²) in [5.74, 6) is 0.367. The SMILES string of the molecule is O=C(O)c1cnc(C2CCCOC2)nc1C1CC1. The van der Waals surface area contributed by atoms with Crippen LogP contribution in [0.25, 0.3) is 0 Å². The molecule has 2 heterocycles. The summed E-state index contributed by atoms with van der Waals surface area (Å²) in [6.07, 6.45) is 5.59. The van der Waals surface area contributed by atoms with Gasteiger partial charge in [-0.1, -0.05) is 0 Å². The Hall–Kier alpha value is -1.49. The molecule has 1 unspecified atom stereocenters. The molecule has 0 bridgehead atoms. The van der Waals surface area contributed by atoms with E-state index in [9.17, 15) is 4.79 Å². The molecule has 1 saturated carbocycles. The molecule has 1 N–H and O–H groups in total. The molecule has 0 spiro atoms. The van der Waals surface area contributed by atoms with Crippen LogP contribution in [0.3, 0.4) is 0 Å². The van der Waals surface area contributed by atoms with E-state index in [2.05, 4.69) is 9.97 Å². The molecule has 1 aliphatic heterocycles. The lowest BCUT2D eigenvalue weighted by Gasteiger charge is -2.21. The number of hydrogen-bond donors (Lipinski definition) is 1. The average Bonchev–Trinajstić information content (AvgIpc) is 3.23. The first kappa shape index (κ1) is 11.6. The van der Waals surface area contributed by atoms with Crippen LogP contribution >= 0.6 is 0 Å². The first-order valence-corrected chi connectivity index (χ1v) is 6.43. The van der Waals surface area contributed by atoms with Crippen LogP contribution in [0.5, 0.6) is 0 Å². The van der Waals surface area contributed by atoms with Crippen LogP contribution < -0.4 is 0 Å². The lowest BCUT2D eigenvalue weighted by Crippen LogP contribution is -2.19. The average molecular weight is 248 g/mol. The van der Waals surface area contributed by atoms with E-state index in [0.29, 0.717) is 12.5 Å². The number of aromatic nitrogens is 2. The number of hydrogen-bond acceptors (Lipinski definition) is 4. The van der Waals surface area contributed by atoms with Crippen molar-refractivity contribution in [2.45, 2.75) is 37.5 Å². The van der Waals surface area contributed by atoms with Crippen LogP contribution in [-0.2, 0) is 4.74 Å². The van der Waals surface area contributed by atoms with E-state index in [1.807, 2.05) is 0 Å². The van der Waals surface area contributed by atoms with E-state index >= 15 is 0 Å². The van der Waals surface area contributed by atoms with E-state index in [4.69, 9.17) is 9.84 Å². The summed E-state index contributed by atoms with van der Waals surface area (Å²) in [4.78, 5) is 19.9. The van der Waals surface area contributed by atoms with Gasteiger partial charge in [-0.05, 0) is 25.7 Å². The lowest BCUT2D eigenvalue weighted by molar-refractivity contribution is 0.0693. The van der Waals surface area contributed by atoms with Gasteiger partial charge in [0.1, 0.15) is 5.82 Å². The minimum atomic E-state index is -0.927. The van der Waals surface area contributed by atoms with Gasteiger partial charge >= 0.3 is 5.97 Å². The molecule has 0 amide bonds. The van der Waals surface area contributed by atoms with E-state index in [1.165, 1.54) is 6.20 Å². The fourth-order valence-electron chi connectivity index (χ4n) is 2.38. The van der Waals surface area contributed by atoms with Crippen molar-refractivity contribution in [1.29, 1.82) is 0 Å². The number of carbonyl (C=O) groups is 1. The standard InChI is InChI=1S/C13H16N2O3/c16-13(17)10-6-14-12(9-2-1-5-18-7-9)15-11(10)8-3-4-8/h6,8-9H,1-5,7H2,(H,16,17). The Balaban J connectivity index is 1.91. The van der Waals surface area contributed by atoms with E-state index in [-0.39, 0.29) is 11.5 Å². The Morgan fingerprint density at radius 3 is 2.78 bits per heavy atom. The van der Waals surface area contributed by atoms with Gasteiger partial charge < -0.3 is 9.84 Å². The molecule has 0 aromatic carbocycles. The van der Waals surface area contributed by atoms with Gasteiger partial charge in [-0.15, -0.1) is 0 Å². The highest BCUT2D eigenvalue weighted by Gasteiger charge is 2.31. The van der Waals surface area contributed by atoms with Gasteiger partial charge in [0.05, 0.1) is 17.9 Å². The molecule has 1 atom stereocenters. The van der Waals surface area contributed by atoms with Crippen molar-refractivity contribution in [3.8, 4) is 0 Å². The van der Waals surface area contributed by atoms with Crippen LogP contribution in [0.1, 0.15) is 59.4 Å². The number of aromatic carboxylic acids is 1. The maximum atomic E-state index is 11.1. The fourth-order valence-corrected chi connectivity index (χ4v) is 2.38. The van der Waals surface area contributed by atoms with Crippen molar-refractivity contribution < 1.29 is 14.6 Å². The third-order valence-corrected chi connectivity index (χ3v) is 3.56. The zero-order valence-corrected chi connectivity index (χ0v) is 10.1. The highest BCUT2D eigenvalue weighted by molar-refractivity contribution is 5.88. The predicted octanol–water partition coefficient (Wildman–Crippen LogP) is 1.95. The lowest BCUT2D eigenvalue weighted by atomic mass is 10.0. The largest absolute Gasteiger partial charge is 0.478 e. The molecule has 1 saturated heterocycles. The van der Waals surface area contributed by atoms with Crippen molar-refractivity contribution in [1.82, 2.24) is 9.97 Å². The molecule has 3 rings (SSSR count). The Bertz CT molecular complexity index is 465. The number of carboxylic acids is 1. The molecule has 1 aromatic heterocycles. The molecule has 96 valence electrons. The number of rotatable bonds is 3. The molecule has 1 aromatic rings. The quantitative estimate of drug-likeness (QED) is 0.885. The highest BCUT2D eigenvalue weighted by Crippen LogP contribution is 2.41. The number of nitrogens with zero attached hydrogens (tertiary/aromatic N) is 2. The van der Waals surface area contributed by atoms with Crippen molar-refractivity contribution in [2.24, 2.45) is 0 Å². The van der Waals surface area contributed by atoms with Crippen molar-refractivity contribution in [2.75, 3.05) is 13.2 Å². The van der Waals surface area contributed by atoms with Crippen LogP contribution in [0.4, 0.5) is 0 Å². The molecule has 18 heavy (non-hydrogen) atoms. The van der Waals surface area contributed by atoms with Gasteiger partial charge in [0.15, 0.2) is 0 Å². The summed E-state index contributed by atoms with van der Waals surface area (Å²) >= 11 is 0. The first-order valence-electron chi connectivity index (χ1n) is 6.43. The number of ether oxygens (including phenoxy) is 1. The zero-order valence-electron chi connectivity index (χ0n) is 10.1. The Kier molecular flexibility index (Phi) is 2.99. The summed E-state index contributed by atoms with van der Waals surface area (Å²) < 4.78 is 5.43. The third kappa shape index (κ3) is 2.22. The van der Waals surface area contributed by atoms with Crippen LogP contribution in [0, 0.1) is 0 Å². The first-order chi connectivity index (χ1) is 8.75. The minimum absolute atomic E-state index is 0.221. The van der Waals surface area contributed by atoms with Gasteiger partial charge in [0, 0.05) is 24.6 Å². The summed E-state index contributed by atoms with van der Waals surface area (Å²) in [5.41, 5.74) is 0.982.